The molecule has 2 aromatic heterocycles. The molecule has 10 heteroatoms. The number of carbonyl (C=O) groups is 2. The fraction of sp³-hybridized carbons (Fsp3) is 0.550. The fourth-order valence-electron chi connectivity index (χ4n) is 4.70. The van der Waals surface area contributed by atoms with Gasteiger partial charge in [0.15, 0.2) is 0 Å². The van der Waals surface area contributed by atoms with Crippen molar-refractivity contribution in [1.82, 2.24) is 19.0 Å². The van der Waals surface area contributed by atoms with E-state index in [4.69, 9.17) is 9.90 Å². The van der Waals surface area contributed by atoms with E-state index in [0.29, 0.717) is 18.9 Å². The third kappa shape index (κ3) is 4.99. The van der Waals surface area contributed by atoms with Gasteiger partial charge in [0.2, 0.25) is 15.9 Å². The van der Waals surface area contributed by atoms with E-state index in [-0.39, 0.29) is 24.3 Å². The van der Waals surface area contributed by atoms with Gasteiger partial charge in [-0.2, -0.15) is 0 Å². The van der Waals surface area contributed by atoms with Crippen LogP contribution in [-0.2, 0) is 26.0 Å². The van der Waals surface area contributed by atoms with E-state index < -0.39 is 10.0 Å². The molecule has 2 aliphatic rings. The Morgan fingerprint density at radius 2 is 2.10 bits per heavy atom. The van der Waals surface area contributed by atoms with Gasteiger partial charge in [-0.25, -0.2) is 18.1 Å². The lowest BCUT2D eigenvalue weighted by molar-refractivity contribution is -0.129. The van der Waals surface area contributed by atoms with Crippen molar-refractivity contribution in [3.05, 3.63) is 35.8 Å². The molecule has 1 amide bonds. The smallest absolute Gasteiger partial charge is 0.290 e. The van der Waals surface area contributed by atoms with Crippen LogP contribution in [0.25, 0.3) is 5.65 Å². The first-order valence-electron chi connectivity index (χ1n) is 9.98. The SMILES string of the molecule is Cc1cccn2c(CC(=O)N3C[C@@H]4CCC[C@H](NS(C)(=O)=O)[C@@H]4C3)cnc12.O=CO. The Morgan fingerprint density at radius 3 is 2.80 bits per heavy atom. The summed E-state index contributed by atoms with van der Waals surface area (Å²) in [5.41, 5.74) is 2.85. The van der Waals surface area contributed by atoms with Crippen LogP contribution in [-0.4, -0.2) is 65.6 Å². The van der Waals surface area contributed by atoms with Gasteiger partial charge < -0.3 is 14.4 Å². The number of nitrogens with one attached hydrogen (secondary N) is 1. The number of nitrogens with zero attached hydrogens (tertiary/aromatic N) is 3. The molecule has 1 aliphatic carbocycles. The Hall–Kier alpha value is -2.46. The van der Waals surface area contributed by atoms with Crippen LogP contribution < -0.4 is 4.72 Å². The van der Waals surface area contributed by atoms with Crippen molar-refractivity contribution in [3.63, 3.8) is 0 Å². The molecule has 30 heavy (non-hydrogen) atoms. The Labute approximate surface area is 176 Å². The summed E-state index contributed by atoms with van der Waals surface area (Å²) in [6, 6.07) is 3.91. The van der Waals surface area contributed by atoms with Gasteiger partial charge in [-0.3, -0.25) is 9.59 Å². The molecule has 0 unspecified atom stereocenters. The minimum absolute atomic E-state index is 0.0602. The number of hydrogen-bond acceptors (Lipinski definition) is 5. The molecular formula is C20H28N4O5S. The van der Waals surface area contributed by atoms with E-state index in [1.165, 1.54) is 6.26 Å². The largest absolute Gasteiger partial charge is 0.483 e. The quantitative estimate of drug-likeness (QED) is 0.692. The van der Waals surface area contributed by atoms with E-state index in [0.717, 1.165) is 42.7 Å². The number of carbonyl (C=O) groups excluding carboxylic acids is 1. The molecule has 0 aromatic carbocycles. The molecule has 0 radical (unpaired) electrons. The van der Waals surface area contributed by atoms with Crippen molar-refractivity contribution in [3.8, 4) is 0 Å². The van der Waals surface area contributed by atoms with Gasteiger partial charge in [0.25, 0.3) is 6.47 Å². The van der Waals surface area contributed by atoms with Crippen LogP contribution in [0.15, 0.2) is 24.5 Å². The summed E-state index contributed by atoms with van der Waals surface area (Å²) in [5, 5.41) is 6.89. The summed E-state index contributed by atoms with van der Waals surface area (Å²) < 4.78 is 28.1. The topological polar surface area (TPSA) is 121 Å². The second-order valence-corrected chi connectivity index (χ2v) is 9.85. The highest BCUT2D eigenvalue weighted by Gasteiger charge is 2.42. The molecule has 3 atom stereocenters. The van der Waals surface area contributed by atoms with Gasteiger partial charge >= 0.3 is 0 Å². The lowest BCUT2D eigenvalue weighted by atomic mass is 9.78. The Bertz CT molecular complexity index is 1020. The van der Waals surface area contributed by atoms with E-state index in [1.807, 2.05) is 34.6 Å². The number of sulfonamides is 1. The first-order chi connectivity index (χ1) is 14.2. The zero-order valence-corrected chi connectivity index (χ0v) is 18.0. The molecule has 0 spiro atoms. The van der Waals surface area contributed by atoms with Gasteiger partial charge in [0.05, 0.1) is 18.4 Å². The Morgan fingerprint density at radius 1 is 1.37 bits per heavy atom. The molecule has 1 aliphatic heterocycles. The molecule has 3 heterocycles. The second-order valence-electron chi connectivity index (χ2n) is 8.07. The normalized spacial score (nSPS) is 23.5. The number of rotatable bonds is 4. The molecule has 2 fully saturated rings. The molecule has 4 rings (SSSR count). The number of imidazole rings is 1. The van der Waals surface area contributed by atoms with Crippen molar-refractivity contribution >= 4 is 28.0 Å². The molecule has 1 saturated carbocycles. The van der Waals surface area contributed by atoms with Crippen LogP contribution in [0.5, 0.6) is 0 Å². The van der Waals surface area contributed by atoms with Crippen LogP contribution in [0, 0.1) is 18.8 Å². The summed E-state index contributed by atoms with van der Waals surface area (Å²) in [4.78, 5) is 27.6. The van der Waals surface area contributed by atoms with Crippen LogP contribution in [0.1, 0.15) is 30.5 Å². The first-order valence-corrected chi connectivity index (χ1v) is 11.9. The third-order valence-electron chi connectivity index (χ3n) is 5.96. The standard InChI is InChI=1S/C19H26N4O3S.CH2O2/c1-13-5-4-8-23-15(10-20-19(13)23)9-18(24)22-11-14-6-3-7-17(16(14)12-22)21-27(2,25)26;2-1-3/h4-5,8,10,14,16-17,21H,3,6-7,9,11-12H2,1-2H3;1H,(H,2,3)/t14-,16+,17-;/m0./s1. The summed E-state index contributed by atoms with van der Waals surface area (Å²) in [7, 11) is -3.23. The number of likely N-dealkylation sites (tertiary alicyclic amines) is 1. The van der Waals surface area contributed by atoms with E-state index in [9.17, 15) is 13.2 Å². The molecule has 1 saturated heterocycles. The highest BCUT2D eigenvalue weighted by Crippen LogP contribution is 2.37. The summed E-state index contributed by atoms with van der Waals surface area (Å²) in [6.07, 6.45) is 8.15. The molecule has 2 N–H and O–H groups in total. The highest BCUT2D eigenvalue weighted by molar-refractivity contribution is 7.88. The van der Waals surface area contributed by atoms with Crippen LogP contribution in [0.2, 0.25) is 0 Å². The minimum atomic E-state index is -3.23. The van der Waals surface area contributed by atoms with Gasteiger partial charge in [-0.1, -0.05) is 12.5 Å². The summed E-state index contributed by atoms with van der Waals surface area (Å²) in [5.74, 6) is 0.680. The van der Waals surface area contributed by atoms with Crippen molar-refractivity contribution in [1.29, 1.82) is 0 Å². The maximum Gasteiger partial charge on any atom is 0.290 e. The maximum atomic E-state index is 12.9. The van der Waals surface area contributed by atoms with Crippen LogP contribution in [0.4, 0.5) is 0 Å². The van der Waals surface area contributed by atoms with Gasteiger partial charge in [-0.15, -0.1) is 0 Å². The Kier molecular flexibility index (Phi) is 6.77. The number of pyridine rings is 1. The van der Waals surface area contributed by atoms with E-state index >= 15 is 0 Å². The number of carboxylic acid groups (broad SMARTS) is 1. The molecule has 2 aromatic rings. The lowest BCUT2D eigenvalue weighted by Crippen LogP contribution is -2.45. The number of aryl methyl sites for hydroxylation is 1. The predicted octanol–water partition coefficient (Wildman–Crippen LogP) is 1.06. The molecular weight excluding hydrogens is 408 g/mol. The van der Waals surface area contributed by atoms with Crippen molar-refractivity contribution in [2.24, 2.45) is 11.8 Å². The minimum Gasteiger partial charge on any atom is -0.483 e. The fourth-order valence-corrected chi connectivity index (χ4v) is 5.54. The number of fused-ring (bicyclic) bond motifs is 2. The van der Waals surface area contributed by atoms with Crippen LogP contribution >= 0.6 is 0 Å². The van der Waals surface area contributed by atoms with E-state index in [1.54, 1.807) is 6.20 Å². The third-order valence-corrected chi connectivity index (χ3v) is 6.69. The molecule has 164 valence electrons. The molecule has 0 bridgehead atoms. The zero-order chi connectivity index (χ0) is 21.9. The highest BCUT2D eigenvalue weighted by atomic mass is 32.2. The summed E-state index contributed by atoms with van der Waals surface area (Å²) >= 11 is 0. The molecule has 9 nitrogen and oxygen atoms in total. The van der Waals surface area contributed by atoms with E-state index in [2.05, 4.69) is 9.71 Å². The average Bonchev–Trinajstić information content (AvgIpc) is 3.27. The van der Waals surface area contributed by atoms with Crippen LogP contribution in [0.3, 0.4) is 0 Å². The number of amides is 1. The summed E-state index contributed by atoms with van der Waals surface area (Å²) in [6.45, 7) is 3.11. The van der Waals surface area contributed by atoms with Gasteiger partial charge in [-0.05, 0) is 43.2 Å². The Balaban J connectivity index is 0.000000806. The zero-order valence-electron chi connectivity index (χ0n) is 17.2. The number of aromatic nitrogens is 2. The lowest BCUT2D eigenvalue weighted by Gasteiger charge is -2.32. The van der Waals surface area contributed by atoms with Gasteiger partial charge in [0, 0.05) is 31.5 Å². The predicted molar refractivity (Wildman–Crippen MR) is 112 cm³/mol. The second kappa shape index (κ2) is 9.13. The average molecular weight is 437 g/mol. The maximum absolute atomic E-state index is 12.9. The number of hydrogen-bond donors (Lipinski definition) is 2. The monoisotopic (exact) mass is 436 g/mol. The van der Waals surface area contributed by atoms with Crippen molar-refractivity contribution in [2.75, 3.05) is 19.3 Å². The first kappa shape index (κ1) is 22.2. The van der Waals surface area contributed by atoms with Gasteiger partial charge in [0.1, 0.15) is 5.65 Å². The van der Waals surface area contributed by atoms with Crippen molar-refractivity contribution in [2.45, 2.75) is 38.6 Å². The van der Waals surface area contributed by atoms with Crippen molar-refractivity contribution < 1.29 is 23.1 Å².